The number of rotatable bonds is 2. The van der Waals surface area contributed by atoms with E-state index in [1.165, 1.54) is 6.33 Å². The molecule has 0 bridgehead atoms. The number of nitrogens with two attached hydrogens (primary N) is 1. The van der Waals surface area contributed by atoms with Crippen LogP contribution in [0.4, 0.5) is 17.3 Å². The minimum absolute atomic E-state index is 0.0737. The molecule has 98 valence electrons. The monoisotopic (exact) mass is 251 g/mol. The van der Waals surface area contributed by atoms with Gasteiger partial charge in [0, 0.05) is 12.6 Å². The summed E-state index contributed by atoms with van der Waals surface area (Å²) in [5, 5.41) is 11.1. The first-order valence-electron chi connectivity index (χ1n) is 6.04. The lowest BCUT2D eigenvalue weighted by Crippen LogP contribution is -2.43. The molecule has 1 aromatic heterocycles. The summed E-state index contributed by atoms with van der Waals surface area (Å²) in [4.78, 5) is 20.3. The Labute approximate surface area is 105 Å². The zero-order valence-electron chi connectivity index (χ0n) is 10.5. The molecule has 0 spiro atoms. The first-order chi connectivity index (χ1) is 8.52. The normalized spacial score (nSPS) is 24.0. The van der Waals surface area contributed by atoms with Crippen LogP contribution >= 0.6 is 0 Å². The number of hydrogen-bond acceptors (Lipinski definition) is 6. The van der Waals surface area contributed by atoms with E-state index in [9.17, 15) is 10.1 Å². The highest BCUT2D eigenvalue weighted by Crippen LogP contribution is 2.35. The average Bonchev–Trinajstić information content (AvgIpc) is 2.32. The molecule has 2 heterocycles. The first kappa shape index (κ1) is 12.5. The van der Waals surface area contributed by atoms with Gasteiger partial charge >= 0.3 is 5.69 Å². The molecule has 0 saturated carbocycles. The van der Waals surface area contributed by atoms with Crippen molar-refractivity contribution >= 4 is 17.3 Å². The summed E-state index contributed by atoms with van der Waals surface area (Å²) in [5.41, 5.74) is 5.41. The second-order valence-corrected chi connectivity index (χ2v) is 4.74. The number of nitrogen functional groups attached to an aromatic ring is 1. The van der Waals surface area contributed by atoms with Gasteiger partial charge in [0.15, 0.2) is 0 Å². The smallest absolute Gasteiger partial charge is 0.353 e. The molecule has 1 fully saturated rings. The van der Waals surface area contributed by atoms with Gasteiger partial charge in [-0.2, -0.15) is 0 Å². The molecule has 2 atom stereocenters. The van der Waals surface area contributed by atoms with Crippen molar-refractivity contribution in [2.45, 2.75) is 32.7 Å². The minimum Gasteiger partial charge on any atom is -0.378 e. The van der Waals surface area contributed by atoms with Gasteiger partial charge < -0.3 is 10.6 Å². The van der Waals surface area contributed by atoms with E-state index in [0.717, 1.165) is 19.4 Å². The number of nitrogens with zero attached hydrogens (tertiary/aromatic N) is 4. The first-order valence-corrected chi connectivity index (χ1v) is 6.04. The maximum atomic E-state index is 11.1. The van der Waals surface area contributed by atoms with E-state index in [1.807, 2.05) is 4.90 Å². The summed E-state index contributed by atoms with van der Waals surface area (Å²) < 4.78 is 0. The number of aromatic nitrogens is 2. The van der Waals surface area contributed by atoms with Gasteiger partial charge in [0.25, 0.3) is 0 Å². The van der Waals surface area contributed by atoms with Crippen molar-refractivity contribution < 1.29 is 4.92 Å². The largest absolute Gasteiger partial charge is 0.378 e. The van der Waals surface area contributed by atoms with E-state index in [0.29, 0.717) is 11.7 Å². The van der Waals surface area contributed by atoms with Crippen molar-refractivity contribution in [1.29, 1.82) is 0 Å². The molecule has 0 aromatic carbocycles. The van der Waals surface area contributed by atoms with Crippen LogP contribution in [-0.4, -0.2) is 27.5 Å². The second-order valence-electron chi connectivity index (χ2n) is 4.74. The highest BCUT2D eigenvalue weighted by atomic mass is 16.6. The third-order valence-corrected chi connectivity index (χ3v) is 3.66. The Bertz CT molecular complexity index is 465. The van der Waals surface area contributed by atoms with Gasteiger partial charge in [-0.3, -0.25) is 10.1 Å². The van der Waals surface area contributed by atoms with Crippen LogP contribution in [0.15, 0.2) is 6.33 Å². The summed E-state index contributed by atoms with van der Waals surface area (Å²) in [5.74, 6) is 0.747. The molecule has 0 aliphatic carbocycles. The van der Waals surface area contributed by atoms with E-state index in [-0.39, 0.29) is 17.5 Å². The number of hydrogen-bond donors (Lipinski definition) is 1. The molecule has 2 unspecified atom stereocenters. The summed E-state index contributed by atoms with van der Waals surface area (Å²) in [7, 11) is 0. The highest BCUT2D eigenvalue weighted by molar-refractivity contribution is 5.68. The Morgan fingerprint density at radius 3 is 2.89 bits per heavy atom. The summed E-state index contributed by atoms with van der Waals surface area (Å²) >= 11 is 0. The van der Waals surface area contributed by atoms with Crippen LogP contribution in [0.5, 0.6) is 0 Å². The SMILES string of the molecule is CC1CCCN(c2ncnc(N)c2[N+](=O)[O-])C1C. The second kappa shape index (κ2) is 4.75. The molecular weight excluding hydrogens is 234 g/mol. The van der Waals surface area contributed by atoms with Crippen molar-refractivity contribution in [1.82, 2.24) is 9.97 Å². The maximum Gasteiger partial charge on any atom is 0.353 e. The Kier molecular flexibility index (Phi) is 3.31. The van der Waals surface area contributed by atoms with E-state index in [1.54, 1.807) is 0 Å². The fraction of sp³-hybridized carbons (Fsp3) is 0.636. The summed E-state index contributed by atoms with van der Waals surface area (Å²) in [6.45, 7) is 4.97. The number of nitro groups is 1. The summed E-state index contributed by atoms with van der Waals surface area (Å²) in [6.07, 6.45) is 3.42. The topological polar surface area (TPSA) is 98.2 Å². The lowest BCUT2D eigenvalue weighted by atomic mass is 9.92. The van der Waals surface area contributed by atoms with Crippen LogP contribution in [0.3, 0.4) is 0 Å². The van der Waals surface area contributed by atoms with Gasteiger partial charge in [-0.1, -0.05) is 6.92 Å². The zero-order valence-corrected chi connectivity index (χ0v) is 10.5. The van der Waals surface area contributed by atoms with Crippen LogP contribution in [-0.2, 0) is 0 Å². The maximum absolute atomic E-state index is 11.1. The Morgan fingerprint density at radius 1 is 1.50 bits per heavy atom. The van der Waals surface area contributed by atoms with Crippen molar-refractivity contribution in [2.75, 3.05) is 17.2 Å². The van der Waals surface area contributed by atoms with Crippen molar-refractivity contribution in [3.8, 4) is 0 Å². The van der Waals surface area contributed by atoms with Crippen LogP contribution in [0.25, 0.3) is 0 Å². The lowest BCUT2D eigenvalue weighted by molar-refractivity contribution is -0.383. The summed E-state index contributed by atoms with van der Waals surface area (Å²) in [6, 6.07) is 0.215. The molecule has 1 aromatic rings. The molecule has 0 amide bonds. The van der Waals surface area contributed by atoms with Gasteiger partial charge in [-0.25, -0.2) is 9.97 Å². The Hall–Kier alpha value is -1.92. The molecule has 2 N–H and O–H groups in total. The quantitative estimate of drug-likeness (QED) is 0.633. The van der Waals surface area contributed by atoms with E-state index in [4.69, 9.17) is 5.73 Å². The van der Waals surface area contributed by atoms with Crippen molar-refractivity contribution in [3.05, 3.63) is 16.4 Å². The molecule has 1 saturated heterocycles. The van der Waals surface area contributed by atoms with Crippen LogP contribution in [0.2, 0.25) is 0 Å². The third-order valence-electron chi connectivity index (χ3n) is 3.66. The number of piperidine rings is 1. The molecule has 1 aliphatic heterocycles. The molecule has 0 radical (unpaired) electrons. The van der Waals surface area contributed by atoms with E-state index < -0.39 is 4.92 Å². The molecule has 18 heavy (non-hydrogen) atoms. The Balaban J connectivity index is 2.44. The third kappa shape index (κ3) is 2.07. The molecule has 7 heteroatoms. The van der Waals surface area contributed by atoms with Gasteiger partial charge in [-0.15, -0.1) is 0 Å². The predicted molar refractivity (Wildman–Crippen MR) is 68.3 cm³/mol. The standard InChI is InChI=1S/C11H17N5O2/c1-7-4-3-5-15(8(7)2)11-9(16(17)18)10(12)13-6-14-11/h6-8H,3-5H2,1-2H3,(H2,12,13,14). The molecular formula is C11H17N5O2. The molecule has 7 nitrogen and oxygen atoms in total. The fourth-order valence-electron chi connectivity index (χ4n) is 2.40. The van der Waals surface area contributed by atoms with Gasteiger partial charge in [0.2, 0.25) is 11.6 Å². The van der Waals surface area contributed by atoms with Crippen molar-refractivity contribution in [3.63, 3.8) is 0 Å². The van der Waals surface area contributed by atoms with Crippen LogP contribution in [0, 0.1) is 16.0 Å². The highest BCUT2D eigenvalue weighted by Gasteiger charge is 2.32. The van der Waals surface area contributed by atoms with Gasteiger partial charge in [0.1, 0.15) is 6.33 Å². The minimum atomic E-state index is -0.503. The van der Waals surface area contributed by atoms with Crippen LogP contribution < -0.4 is 10.6 Å². The Morgan fingerprint density at radius 2 is 2.22 bits per heavy atom. The van der Waals surface area contributed by atoms with Crippen LogP contribution in [0.1, 0.15) is 26.7 Å². The van der Waals surface area contributed by atoms with E-state index in [2.05, 4.69) is 23.8 Å². The van der Waals surface area contributed by atoms with E-state index >= 15 is 0 Å². The molecule has 2 rings (SSSR count). The predicted octanol–water partition coefficient (Wildman–Crippen LogP) is 1.59. The molecule has 1 aliphatic rings. The fourth-order valence-corrected chi connectivity index (χ4v) is 2.40. The van der Waals surface area contributed by atoms with Gasteiger partial charge in [0.05, 0.1) is 4.92 Å². The van der Waals surface area contributed by atoms with Gasteiger partial charge in [-0.05, 0) is 25.7 Å². The zero-order chi connectivity index (χ0) is 13.3. The lowest BCUT2D eigenvalue weighted by Gasteiger charge is -2.38. The average molecular weight is 251 g/mol. The van der Waals surface area contributed by atoms with Crippen molar-refractivity contribution in [2.24, 2.45) is 5.92 Å². The number of anilines is 2.